The summed E-state index contributed by atoms with van der Waals surface area (Å²) in [6, 6.07) is 0. The van der Waals surface area contributed by atoms with Gasteiger partial charge in [0, 0.05) is 36.0 Å². The molecular formula is C20H29N3O3S. The molecule has 1 N–H and O–H groups in total. The summed E-state index contributed by atoms with van der Waals surface area (Å²) in [7, 11) is 0. The molecule has 2 atom stereocenters. The van der Waals surface area contributed by atoms with Crippen molar-refractivity contribution in [1.82, 2.24) is 15.2 Å². The summed E-state index contributed by atoms with van der Waals surface area (Å²) >= 11 is 1.63. The fourth-order valence-corrected chi connectivity index (χ4v) is 4.89. The molecule has 0 aromatic carbocycles. The molecule has 1 saturated heterocycles. The van der Waals surface area contributed by atoms with Crippen molar-refractivity contribution in [3.8, 4) is 0 Å². The van der Waals surface area contributed by atoms with Gasteiger partial charge in [0.2, 0.25) is 11.8 Å². The number of morpholine rings is 1. The second-order valence-corrected chi connectivity index (χ2v) is 9.36. The quantitative estimate of drug-likeness (QED) is 0.809. The molecule has 3 fully saturated rings. The van der Waals surface area contributed by atoms with E-state index in [-0.39, 0.29) is 35.3 Å². The predicted octanol–water partition coefficient (Wildman–Crippen LogP) is 2.62. The number of carbonyl (C=O) groups excluding carboxylic acids is 2. The maximum absolute atomic E-state index is 12.7. The van der Waals surface area contributed by atoms with Crippen LogP contribution in [-0.2, 0) is 14.3 Å². The van der Waals surface area contributed by atoms with Crippen LogP contribution in [0.4, 0.5) is 0 Å². The van der Waals surface area contributed by atoms with Gasteiger partial charge in [-0.1, -0.05) is 6.92 Å². The van der Waals surface area contributed by atoms with Gasteiger partial charge in [0.15, 0.2) is 0 Å². The van der Waals surface area contributed by atoms with Crippen LogP contribution in [0.2, 0.25) is 0 Å². The van der Waals surface area contributed by atoms with E-state index in [9.17, 15) is 9.59 Å². The molecule has 1 aromatic rings. The lowest BCUT2D eigenvalue weighted by Gasteiger charge is -2.54. The van der Waals surface area contributed by atoms with E-state index in [0.717, 1.165) is 42.8 Å². The third-order valence-corrected chi connectivity index (χ3v) is 7.29. The van der Waals surface area contributed by atoms with Crippen molar-refractivity contribution in [3.63, 3.8) is 0 Å². The molecule has 0 radical (unpaired) electrons. The van der Waals surface area contributed by atoms with Crippen LogP contribution in [0, 0.1) is 12.8 Å². The number of aryl methyl sites for hydroxylation is 1. The number of ether oxygens (including phenoxy) is 1. The number of hydrogen-bond donors (Lipinski definition) is 1. The highest BCUT2D eigenvalue weighted by molar-refractivity contribution is 7.09. The third-order valence-electron chi connectivity index (χ3n) is 6.10. The van der Waals surface area contributed by atoms with Gasteiger partial charge in [0.05, 0.1) is 29.7 Å². The number of amides is 2. The summed E-state index contributed by atoms with van der Waals surface area (Å²) in [6.45, 7) is 5.77. The zero-order valence-corrected chi connectivity index (χ0v) is 17.0. The first-order valence-electron chi connectivity index (χ1n) is 10.1. The van der Waals surface area contributed by atoms with E-state index in [0.29, 0.717) is 26.1 Å². The van der Waals surface area contributed by atoms with Crippen molar-refractivity contribution in [3.05, 3.63) is 16.1 Å². The average molecular weight is 392 g/mol. The summed E-state index contributed by atoms with van der Waals surface area (Å²) in [4.78, 5) is 31.7. The van der Waals surface area contributed by atoms with E-state index in [1.807, 2.05) is 12.3 Å². The Bertz CT molecular complexity index is 711. The maximum atomic E-state index is 12.7. The molecule has 2 heterocycles. The highest BCUT2D eigenvalue weighted by atomic mass is 32.1. The molecule has 27 heavy (non-hydrogen) atoms. The van der Waals surface area contributed by atoms with Crippen LogP contribution in [0.25, 0.3) is 0 Å². The standard InChI is InChI=1S/C20H29N3O3S/c1-13(18-22-14(2)11-27-18)9-21-17(24)8-16-10-23(19(25)15-4-5-15)20(12-26-16)6-3-7-20/h11,13,15-16H,3-10,12H2,1-2H3,(H,21,24). The Morgan fingerprint density at radius 1 is 1.44 bits per heavy atom. The Morgan fingerprint density at radius 2 is 2.22 bits per heavy atom. The molecule has 3 aliphatic rings. The third kappa shape index (κ3) is 4.04. The molecule has 2 amide bonds. The van der Waals surface area contributed by atoms with Gasteiger partial charge < -0.3 is 15.0 Å². The van der Waals surface area contributed by atoms with Crippen LogP contribution in [-0.4, -0.2) is 53.0 Å². The van der Waals surface area contributed by atoms with Gasteiger partial charge in [0.1, 0.15) is 0 Å². The fourth-order valence-electron chi connectivity index (χ4n) is 4.03. The van der Waals surface area contributed by atoms with E-state index in [1.54, 1.807) is 11.3 Å². The lowest BCUT2D eigenvalue weighted by molar-refractivity contribution is -0.174. The summed E-state index contributed by atoms with van der Waals surface area (Å²) < 4.78 is 6.02. The van der Waals surface area contributed by atoms with Crippen molar-refractivity contribution < 1.29 is 14.3 Å². The Kier molecular flexibility index (Phi) is 5.25. The van der Waals surface area contributed by atoms with Crippen LogP contribution in [0.1, 0.15) is 62.1 Å². The number of nitrogens with one attached hydrogen (secondary N) is 1. The highest BCUT2D eigenvalue weighted by Crippen LogP contribution is 2.44. The Hall–Kier alpha value is -1.47. The number of nitrogens with zero attached hydrogens (tertiary/aromatic N) is 2. The molecule has 1 aromatic heterocycles. The SMILES string of the molecule is Cc1csc(C(C)CNC(=O)CC2CN(C(=O)C3CC3)C3(CCC3)CO2)n1. The van der Waals surface area contributed by atoms with Crippen LogP contribution in [0.15, 0.2) is 5.38 Å². The first-order chi connectivity index (χ1) is 13.0. The first kappa shape index (κ1) is 18.9. The number of thiazole rings is 1. The zero-order valence-electron chi connectivity index (χ0n) is 16.2. The van der Waals surface area contributed by atoms with Crippen LogP contribution in [0.3, 0.4) is 0 Å². The van der Waals surface area contributed by atoms with E-state index in [4.69, 9.17) is 4.74 Å². The molecule has 2 saturated carbocycles. The Labute approximate surface area is 164 Å². The summed E-state index contributed by atoms with van der Waals surface area (Å²) in [5.41, 5.74) is 0.943. The minimum absolute atomic E-state index is 0.0106. The molecule has 1 aliphatic heterocycles. The summed E-state index contributed by atoms with van der Waals surface area (Å²) in [6.07, 6.45) is 5.39. The number of rotatable bonds is 6. The lowest BCUT2D eigenvalue weighted by atomic mass is 9.74. The van der Waals surface area contributed by atoms with E-state index < -0.39 is 0 Å². The molecule has 1 spiro atoms. The van der Waals surface area contributed by atoms with E-state index in [1.165, 1.54) is 0 Å². The largest absolute Gasteiger partial charge is 0.373 e. The Balaban J connectivity index is 1.28. The number of carbonyl (C=O) groups is 2. The second-order valence-electron chi connectivity index (χ2n) is 8.47. The van der Waals surface area contributed by atoms with Crippen LogP contribution in [0.5, 0.6) is 0 Å². The molecule has 2 aliphatic carbocycles. The highest BCUT2D eigenvalue weighted by Gasteiger charge is 2.51. The first-order valence-corrected chi connectivity index (χ1v) is 11.0. The molecule has 0 bridgehead atoms. The molecule has 148 valence electrons. The Morgan fingerprint density at radius 3 is 2.81 bits per heavy atom. The minimum atomic E-state index is -0.198. The molecule has 2 unspecified atom stereocenters. The maximum Gasteiger partial charge on any atom is 0.226 e. The predicted molar refractivity (Wildman–Crippen MR) is 104 cm³/mol. The summed E-state index contributed by atoms with van der Waals surface area (Å²) in [5, 5.41) is 6.09. The van der Waals surface area contributed by atoms with Crippen molar-refractivity contribution in [2.75, 3.05) is 19.7 Å². The van der Waals surface area contributed by atoms with E-state index >= 15 is 0 Å². The monoisotopic (exact) mass is 391 g/mol. The second kappa shape index (κ2) is 7.51. The van der Waals surface area contributed by atoms with Gasteiger partial charge >= 0.3 is 0 Å². The van der Waals surface area contributed by atoms with Crippen molar-refractivity contribution in [2.24, 2.45) is 5.92 Å². The van der Waals surface area contributed by atoms with Gasteiger partial charge in [-0.15, -0.1) is 11.3 Å². The van der Waals surface area contributed by atoms with E-state index in [2.05, 4.69) is 22.1 Å². The van der Waals surface area contributed by atoms with Crippen LogP contribution < -0.4 is 5.32 Å². The average Bonchev–Trinajstić information content (AvgIpc) is 3.38. The fraction of sp³-hybridized carbons (Fsp3) is 0.750. The van der Waals surface area contributed by atoms with Crippen molar-refractivity contribution in [1.29, 1.82) is 0 Å². The topological polar surface area (TPSA) is 71.5 Å². The molecule has 7 heteroatoms. The normalized spacial score (nSPS) is 25.1. The van der Waals surface area contributed by atoms with Gasteiger partial charge in [-0.25, -0.2) is 4.98 Å². The van der Waals surface area contributed by atoms with Crippen molar-refractivity contribution >= 4 is 23.2 Å². The lowest BCUT2D eigenvalue weighted by Crippen LogP contribution is -2.65. The van der Waals surface area contributed by atoms with Gasteiger partial charge in [-0.05, 0) is 39.0 Å². The molecule has 6 nitrogen and oxygen atoms in total. The van der Waals surface area contributed by atoms with Crippen molar-refractivity contribution in [2.45, 2.75) is 69.9 Å². The number of aromatic nitrogens is 1. The van der Waals surface area contributed by atoms with Gasteiger partial charge in [-0.2, -0.15) is 0 Å². The van der Waals surface area contributed by atoms with Gasteiger partial charge in [-0.3, -0.25) is 9.59 Å². The molecular weight excluding hydrogens is 362 g/mol. The van der Waals surface area contributed by atoms with Crippen LogP contribution >= 0.6 is 11.3 Å². The minimum Gasteiger partial charge on any atom is -0.373 e. The number of hydrogen-bond acceptors (Lipinski definition) is 5. The molecule has 4 rings (SSSR count). The summed E-state index contributed by atoms with van der Waals surface area (Å²) in [5.74, 6) is 0.698. The van der Waals surface area contributed by atoms with Gasteiger partial charge in [0.25, 0.3) is 0 Å². The smallest absolute Gasteiger partial charge is 0.226 e. The zero-order chi connectivity index (χ0) is 19.0.